The molecule has 0 aromatic carbocycles. The highest BCUT2D eigenvalue weighted by Crippen LogP contribution is 2.25. The first kappa shape index (κ1) is 19.0. The summed E-state index contributed by atoms with van der Waals surface area (Å²) >= 11 is 3.26. The number of hydrogen-bond donors (Lipinski definition) is 2. The quantitative estimate of drug-likeness (QED) is 0.721. The maximum absolute atomic E-state index is 12.9. The normalized spacial score (nSPS) is 19.2. The van der Waals surface area contributed by atoms with Gasteiger partial charge in [-0.2, -0.15) is 0 Å². The summed E-state index contributed by atoms with van der Waals surface area (Å²) in [7, 11) is 0. The summed E-state index contributed by atoms with van der Waals surface area (Å²) in [6.45, 7) is 2.23. The van der Waals surface area contributed by atoms with E-state index < -0.39 is 0 Å². The number of piperidine rings is 1. The van der Waals surface area contributed by atoms with Gasteiger partial charge in [0.05, 0.1) is 12.0 Å². The topological polar surface area (TPSA) is 88.3 Å². The number of likely N-dealkylation sites (tertiary alicyclic amines) is 1. The number of hydrogen-bond acceptors (Lipinski definition) is 6. The van der Waals surface area contributed by atoms with Crippen LogP contribution in [-0.2, 0) is 16.0 Å². The third kappa shape index (κ3) is 5.36. The number of aromatic nitrogens is 1. The number of thiophene rings is 1. The lowest BCUT2D eigenvalue weighted by atomic mass is 9.96. The molecule has 0 spiro atoms. The average Bonchev–Trinajstić information content (AvgIpc) is 3.33. The van der Waals surface area contributed by atoms with Crippen LogP contribution in [0.25, 0.3) is 0 Å². The van der Waals surface area contributed by atoms with Crippen molar-refractivity contribution in [3.8, 4) is 0 Å². The molecule has 3 N–H and O–H groups in total. The monoisotopic (exact) mass is 392 g/mol. The van der Waals surface area contributed by atoms with E-state index >= 15 is 0 Å². The summed E-state index contributed by atoms with van der Waals surface area (Å²) < 4.78 is 0. The fraction of sp³-hybridized carbons (Fsp3) is 0.500. The van der Waals surface area contributed by atoms with Gasteiger partial charge in [0.15, 0.2) is 0 Å². The Bertz CT molecular complexity index is 703. The molecule has 0 radical (unpaired) electrons. The van der Waals surface area contributed by atoms with Gasteiger partial charge in [-0.05, 0) is 30.8 Å². The Balaban J connectivity index is 1.60. The van der Waals surface area contributed by atoms with Crippen molar-refractivity contribution in [2.75, 3.05) is 19.6 Å². The number of primary amides is 1. The van der Waals surface area contributed by atoms with Crippen LogP contribution in [0.3, 0.4) is 0 Å². The lowest BCUT2D eigenvalue weighted by molar-refractivity contribution is -0.127. The van der Waals surface area contributed by atoms with Gasteiger partial charge in [-0.15, -0.1) is 22.7 Å². The fourth-order valence-corrected chi connectivity index (χ4v) is 4.71. The van der Waals surface area contributed by atoms with E-state index in [0.717, 1.165) is 30.8 Å². The molecule has 1 saturated heterocycles. The number of nitrogens with zero attached hydrogens (tertiary/aromatic N) is 2. The molecule has 1 aliphatic rings. The molecule has 1 aliphatic heterocycles. The van der Waals surface area contributed by atoms with Crippen LogP contribution in [0.5, 0.6) is 0 Å². The van der Waals surface area contributed by atoms with Crippen molar-refractivity contribution in [2.24, 2.45) is 11.7 Å². The second-order valence-corrected chi connectivity index (χ2v) is 8.53. The second kappa shape index (κ2) is 9.25. The van der Waals surface area contributed by atoms with E-state index in [0.29, 0.717) is 19.5 Å². The standard InChI is InChI=1S/C18H24N4O2S2/c19-16(23)5-8-22-7-1-3-13(12-22)17(24)21-15(18-20-6-10-26-18)11-14-4-2-9-25-14/h2,4,6,9-10,13,15H,1,3,5,7-8,11-12H2,(H2,19,23)(H,21,24). The van der Waals surface area contributed by atoms with E-state index in [1.807, 2.05) is 16.8 Å². The lowest BCUT2D eigenvalue weighted by Gasteiger charge is -2.32. The molecule has 2 aromatic rings. The average molecular weight is 393 g/mol. The molecule has 0 saturated carbocycles. The van der Waals surface area contributed by atoms with Gasteiger partial charge in [0.25, 0.3) is 0 Å². The summed E-state index contributed by atoms with van der Waals surface area (Å²) in [5, 5.41) is 8.14. The summed E-state index contributed by atoms with van der Waals surface area (Å²) in [6, 6.07) is 4.02. The van der Waals surface area contributed by atoms with E-state index in [2.05, 4.69) is 21.3 Å². The Hall–Kier alpha value is -1.77. The highest BCUT2D eigenvalue weighted by Gasteiger charge is 2.28. The van der Waals surface area contributed by atoms with Crippen LogP contribution < -0.4 is 11.1 Å². The van der Waals surface area contributed by atoms with Crippen molar-refractivity contribution in [1.82, 2.24) is 15.2 Å². The molecule has 3 rings (SSSR count). The number of carbonyl (C=O) groups excluding carboxylic acids is 2. The largest absolute Gasteiger partial charge is 0.370 e. The van der Waals surface area contributed by atoms with Crippen LogP contribution in [0.4, 0.5) is 0 Å². The minimum Gasteiger partial charge on any atom is -0.370 e. The van der Waals surface area contributed by atoms with Gasteiger partial charge in [-0.25, -0.2) is 4.98 Å². The Kier molecular flexibility index (Phi) is 6.76. The number of thiazole rings is 1. The summed E-state index contributed by atoms with van der Waals surface area (Å²) in [6.07, 6.45) is 4.72. The van der Waals surface area contributed by atoms with Gasteiger partial charge in [-0.3, -0.25) is 9.59 Å². The first-order valence-electron chi connectivity index (χ1n) is 8.84. The van der Waals surface area contributed by atoms with Crippen molar-refractivity contribution in [3.05, 3.63) is 39.0 Å². The van der Waals surface area contributed by atoms with E-state index in [-0.39, 0.29) is 23.8 Å². The molecule has 2 aromatic heterocycles. The van der Waals surface area contributed by atoms with E-state index in [1.165, 1.54) is 4.88 Å². The number of carbonyl (C=O) groups is 2. The molecule has 6 nitrogen and oxygen atoms in total. The first-order chi connectivity index (χ1) is 12.6. The molecule has 26 heavy (non-hydrogen) atoms. The lowest BCUT2D eigenvalue weighted by Crippen LogP contribution is -2.44. The maximum atomic E-state index is 12.9. The number of rotatable bonds is 8. The van der Waals surface area contributed by atoms with Crippen molar-refractivity contribution in [3.63, 3.8) is 0 Å². The Morgan fingerprint density at radius 2 is 2.27 bits per heavy atom. The maximum Gasteiger partial charge on any atom is 0.224 e. The molecule has 1 fully saturated rings. The zero-order chi connectivity index (χ0) is 18.4. The predicted octanol–water partition coefficient (Wildman–Crippen LogP) is 2.19. The van der Waals surface area contributed by atoms with Gasteiger partial charge >= 0.3 is 0 Å². The molecule has 8 heteroatoms. The molecular weight excluding hydrogens is 368 g/mol. The highest BCUT2D eigenvalue weighted by atomic mass is 32.1. The van der Waals surface area contributed by atoms with Gasteiger partial charge < -0.3 is 16.0 Å². The molecule has 140 valence electrons. The van der Waals surface area contributed by atoms with Crippen molar-refractivity contribution < 1.29 is 9.59 Å². The zero-order valence-corrected chi connectivity index (χ0v) is 16.2. The van der Waals surface area contributed by atoms with Crippen LogP contribution >= 0.6 is 22.7 Å². The predicted molar refractivity (Wildman–Crippen MR) is 104 cm³/mol. The smallest absolute Gasteiger partial charge is 0.224 e. The van der Waals surface area contributed by atoms with E-state index in [9.17, 15) is 9.59 Å². The van der Waals surface area contributed by atoms with Crippen LogP contribution in [0.1, 0.15) is 35.2 Å². The Morgan fingerprint density at radius 3 is 2.96 bits per heavy atom. The molecule has 2 unspecified atom stereocenters. The molecular formula is C18H24N4O2S2. The first-order valence-corrected chi connectivity index (χ1v) is 10.6. The van der Waals surface area contributed by atoms with Gasteiger partial charge in [0.1, 0.15) is 5.01 Å². The summed E-state index contributed by atoms with van der Waals surface area (Å²) in [5.74, 6) is -0.274. The van der Waals surface area contributed by atoms with E-state index in [4.69, 9.17) is 5.73 Å². The molecule has 2 amide bonds. The highest BCUT2D eigenvalue weighted by molar-refractivity contribution is 7.10. The number of amides is 2. The van der Waals surface area contributed by atoms with Gasteiger partial charge in [0, 0.05) is 42.4 Å². The number of nitrogens with two attached hydrogens (primary N) is 1. The zero-order valence-electron chi connectivity index (χ0n) is 14.6. The minimum absolute atomic E-state index is 0.0533. The molecule has 0 aliphatic carbocycles. The Labute approximate surface area is 161 Å². The van der Waals surface area contributed by atoms with Crippen LogP contribution in [0.2, 0.25) is 0 Å². The Morgan fingerprint density at radius 1 is 1.38 bits per heavy atom. The fourth-order valence-electron chi connectivity index (χ4n) is 3.27. The second-order valence-electron chi connectivity index (χ2n) is 6.57. The third-order valence-electron chi connectivity index (χ3n) is 4.60. The molecule has 3 heterocycles. The minimum atomic E-state index is -0.295. The van der Waals surface area contributed by atoms with E-state index in [1.54, 1.807) is 28.9 Å². The van der Waals surface area contributed by atoms with Crippen molar-refractivity contribution in [2.45, 2.75) is 31.7 Å². The molecule has 2 atom stereocenters. The summed E-state index contributed by atoms with van der Waals surface area (Å²) in [5.41, 5.74) is 5.24. The van der Waals surface area contributed by atoms with Crippen LogP contribution in [-0.4, -0.2) is 41.3 Å². The van der Waals surface area contributed by atoms with Crippen LogP contribution in [0, 0.1) is 5.92 Å². The van der Waals surface area contributed by atoms with Crippen LogP contribution in [0.15, 0.2) is 29.1 Å². The summed E-state index contributed by atoms with van der Waals surface area (Å²) in [4.78, 5) is 31.7. The van der Waals surface area contributed by atoms with Crippen molar-refractivity contribution >= 4 is 34.5 Å². The van der Waals surface area contributed by atoms with Gasteiger partial charge in [-0.1, -0.05) is 6.07 Å². The molecule has 0 bridgehead atoms. The van der Waals surface area contributed by atoms with Crippen molar-refractivity contribution in [1.29, 1.82) is 0 Å². The SMILES string of the molecule is NC(=O)CCN1CCCC(C(=O)NC(Cc2cccs2)c2nccs2)C1. The third-order valence-corrected chi connectivity index (χ3v) is 6.39. The van der Waals surface area contributed by atoms with Gasteiger partial charge in [0.2, 0.25) is 11.8 Å². The number of nitrogens with one attached hydrogen (secondary N) is 1.